The van der Waals surface area contributed by atoms with E-state index in [-0.39, 0.29) is 0 Å². The van der Waals surface area contributed by atoms with Gasteiger partial charge in [0.05, 0.1) is 27.2 Å². The van der Waals surface area contributed by atoms with E-state index >= 15 is 0 Å². The van der Waals surface area contributed by atoms with Crippen LogP contribution in [0.25, 0.3) is 0 Å². The Labute approximate surface area is 106 Å². The summed E-state index contributed by atoms with van der Waals surface area (Å²) in [4.78, 5) is 0. The molecule has 16 heavy (non-hydrogen) atoms. The lowest BCUT2D eigenvalue weighted by atomic mass is 10.3. The quantitative estimate of drug-likeness (QED) is 0.694. The normalized spacial score (nSPS) is 10.6. The van der Waals surface area contributed by atoms with E-state index in [1.54, 1.807) is 0 Å². The van der Waals surface area contributed by atoms with Gasteiger partial charge in [0.15, 0.2) is 0 Å². The van der Waals surface area contributed by atoms with Crippen molar-refractivity contribution < 1.29 is 4.48 Å². The molecule has 0 fully saturated rings. The van der Waals surface area contributed by atoms with Gasteiger partial charge >= 0.3 is 0 Å². The molecule has 0 aromatic heterocycles. The summed E-state index contributed by atoms with van der Waals surface area (Å²) in [5.41, 5.74) is 0. The van der Waals surface area contributed by atoms with Crippen LogP contribution >= 0.6 is 11.6 Å². The van der Waals surface area contributed by atoms with Crippen LogP contribution < -0.4 is 0 Å². The lowest BCUT2D eigenvalue weighted by Gasteiger charge is -2.28. The molecule has 0 saturated heterocycles. The van der Waals surface area contributed by atoms with Gasteiger partial charge in [0.2, 0.25) is 0 Å². The average Bonchev–Trinajstić information content (AvgIpc) is 2.19. The molecule has 0 heterocycles. The first-order valence-electron chi connectivity index (χ1n) is 6.04. The second kappa shape index (κ2) is 8.60. The van der Waals surface area contributed by atoms with Crippen molar-refractivity contribution in [3.63, 3.8) is 0 Å². The van der Waals surface area contributed by atoms with Gasteiger partial charge in [-0.05, 0) is 25.0 Å². The second-order valence-corrected chi connectivity index (χ2v) is 5.11. The maximum absolute atomic E-state index is 5.54. The summed E-state index contributed by atoms with van der Waals surface area (Å²) in [5.74, 6) is 0. The minimum atomic E-state index is 0.794. The van der Waals surface area contributed by atoms with E-state index in [1.807, 2.05) is 30.3 Å². The first kappa shape index (κ1) is 15.5. The van der Waals surface area contributed by atoms with Crippen molar-refractivity contribution >= 4 is 11.6 Å². The van der Waals surface area contributed by atoms with E-state index in [0.29, 0.717) is 0 Å². The number of rotatable bonds is 4. The highest BCUT2D eigenvalue weighted by Gasteiger charge is 2.09. The Morgan fingerprint density at radius 3 is 1.62 bits per heavy atom. The largest absolute Gasteiger partial charge is 0.328 e. The maximum Gasteiger partial charge on any atom is 0.0779 e. The molecule has 0 N–H and O–H groups in total. The zero-order chi connectivity index (χ0) is 12.4. The van der Waals surface area contributed by atoms with Crippen LogP contribution in [0.5, 0.6) is 0 Å². The molecule has 0 bridgehead atoms. The zero-order valence-corrected chi connectivity index (χ0v) is 11.8. The van der Waals surface area contributed by atoms with Crippen LogP contribution in [-0.4, -0.2) is 31.7 Å². The fraction of sp³-hybridized carbons (Fsp3) is 0.571. The summed E-state index contributed by atoms with van der Waals surface area (Å²) in [7, 11) is 4.60. The molecular formula is C14H25ClN+. The third-order valence-electron chi connectivity index (χ3n) is 2.39. The average molecular weight is 243 g/mol. The standard InChI is InChI=1S/C8H20N.C6H5Cl/c1-5-7-9(3,4)8-6-2;7-6-4-2-1-3-5-6/h5-8H2,1-4H3;1-5H/q+1;. The fourth-order valence-electron chi connectivity index (χ4n) is 1.74. The lowest BCUT2D eigenvalue weighted by molar-refractivity contribution is -0.890. The van der Waals surface area contributed by atoms with E-state index in [4.69, 9.17) is 11.6 Å². The third-order valence-corrected chi connectivity index (χ3v) is 2.64. The highest BCUT2D eigenvalue weighted by molar-refractivity contribution is 6.30. The summed E-state index contributed by atoms with van der Waals surface area (Å²) in [5, 5.41) is 0.794. The molecule has 0 amide bonds. The molecule has 0 saturated carbocycles. The Bertz CT molecular complexity index is 249. The van der Waals surface area contributed by atoms with E-state index in [1.165, 1.54) is 30.4 Å². The van der Waals surface area contributed by atoms with E-state index < -0.39 is 0 Å². The molecule has 1 aromatic carbocycles. The summed E-state index contributed by atoms with van der Waals surface area (Å²) in [6.45, 7) is 7.12. The number of benzene rings is 1. The molecule has 1 rings (SSSR count). The Balaban J connectivity index is 0.000000288. The first-order valence-corrected chi connectivity index (χ1v) is 6.42. The molecule has 0 aliphatic rings. The number of halogens is 1. The molecule has 1 nitrogen and oxygen atoms in total. The molecule has 2 heteroatoms. The number of quaternary nitrogens is 1. The number of hydrogen-bond donors (Lipinski definition) is 0. The van der Waals surface area contributed by atoms with Gasteiger partial charge in [0.1, 0.15) is 0 Å². The van der Waals surface area contributed by atoms with Crippen LogP contribution in [0.15, 0.2) is 30.3 Å². The Morgan fingerprint density at radius 1 is 0.938 bits per heavy atom. The van der Waals surface area contributed by atoms with Gasteiger partial charge in [-0.3, -0.25) is 0 Å². The predicted octanol–water partition coefficient (Wildman–Crippen LogP) is 4.22. The zero-order valence-electron chi connectivity index (χ0n) is 11.0. The summed E-state index contributed by atoms with van der Waals surface area (Å²) in [6, 6.07) is 9.44. The van der Waals surface area contributed by atoms with E-state index in [0.717, 1.165) is 5.02 Å². The van der Waals surface area contributed by atoms with E-state index in [9.17, 15) is 0 Å². The van der Waals surface area contributed by atoms with Gasteiger partial charge in [-0.1, -0.05) is 43.6 Å². The van der Waals surface area contributed by atoms with Crippen molar-refractivity contribution in [3.8, 4) is 0 Å². The van der Waals surface area contributed by atoms with Crippen molar-refractivity contribution in [2.75, 3.05) is 27.2 Å². The van der Waals surface area contributed by atoms with Gasteiger partial charge < -0.3 is 4.48 Å². The lowest BCUT2D eigenvalue weighted by Crippen LogP contribution is -2.40. The predicted molar refractivity (Wildman–Crippen MR) is 73.9 cm³/mol. The molecule has 0 aliphatic heterocycles. The SMILES string of the molecule is CCC[N+](C)(C)CCC.Clc1ccccc1. The van der Waals surface area contributed by atoms with Crippen molar-refractivity contribution in [1.82, 2.24) is 0 Å². The highest BCUT2D eigenvalue weighted by Crippen LogP contribution is 2.03. The Morgan fingerprint density at radius 2 is 1.38 bits per heavy atom. The van der Waals surface area contributed by atoms with Crippen molar-refractivity contribution in [2.45, 2.75) is 26.7 Å². The van der Waals surface area contributed by atoms with Crippen LogP contribution in [0.3, 0.4) is 0 Å². The highest BCUT2D eigenvalue weighted by atomic mass is 35.5. The molecule has 92 valence electrons. The molecule has 0 spiro atoms. The van der Waals surface area contributed by atoms with Crippen molar-refractivity contribution in [2.24, 2.45) is 0 Å². The molecule has 1 aromatic rings. The van der Waals surface area contributed by atoms with Crippen LogP contribution in [0.2, 0.25) is 5.02 Å². The molecule has 0 atom stereocenters. The van der Waals surface area contributed by atoms with Crippen molar-refractivity contribution in [1.29, 1.82) is 0 Å². The van der Waals surface area contributed by atoms with Gasteiger partial charge in [0, 0.05) is 5.02 Å². The van der Waals surface area contributed by atoms with E-state index in [2.05, 4.69) is 27.9 Å². The Kier molecular flexibility index (Phi) is 8.32. The topological polar surface area (TPSA) is 0 Å². The number of hydrogen-bond acceptors (Lipinski definition) is 0. The summed E-state index contributed by atoms with van der Waals surface area (Å²) in [6.07, 6.45) is 2.60. The minimum absolute atomic E-state index is 0.794. The van der Waals surface area contributed by atoms with Crippen LogP contribution in [0.4, 0.5) is 0 Å². The third kappa shape index (κ3) is 8.75. The smallest absolute Gasteiger partial charge is 0.0779 e. The summed E-state index contributed by atoms with van der Waals surface area (Å²) >= 11 is 5.54. The number of nitrogens with zero attached hydrogens (tertiary/aromatic N) is 1. The molecule has 0 aliphatic carbocycles. The van der Waals surface area contributed by atoms with Gasteiger partial charge in [-0.15, -0.1) is 0 Å². The minimum Gasteiger partial charge on any atom is -0.328 e. The van der Waals surface area contributed by atoms with Gasteiger partial charge in [-0.25, -0.2) is 0 Å². The van der Waals surface area contributed by atoms with Crippen LogP contribution in [0.1, 0.15) is 26.7 Å². The molecule has 0 unspecified atom stereocenters. The molecular weight excluding hydrogens is 218 g/mol. The van der Waals surface area contributed by atoms with Crippen molar-refractivity contribution in [3.05, 3.63) is 35.4 Å². The molecule has 0 radical (unpaired) electrons. The fourth-order valence-corrected chi connectivity index (χ4v) is 1.88. The monoisotopic (exact) mass is 242 g/mol. The maximum atomic E-state index is 5.54. The van der Waals surface area contributed by atoms with Gasteiger partial charge in [-0.2, -0.15) is 0 Å². The van der Waals surface area contributed by atoms with Gasteiger partial charge in [0.25, 0.3) is 0 Å². The second-order valence-electron chi connectivity index (χ2n) is 4.68. The summed E-state index contributed by atoms with van der Waals surface area (Å²) < 4.78 is 1.19. The van der Waals surface area contributed by atoms with Crippen LogP contribution in [-0.2, 0) is 0 Å². The van der Waals surface area contributed by atoms with Crippen LogP contribution in [0, 0.1) is 0 Å². The Hall–Kier alpha value is -0.530. The first-order chi connectivity index (χ1) is 7.52.